The van der Waals surface area contributed by atoms with E-state index in [9.17, 15) is 5.11 Å². The number of benzene rings is 1. The van der Waals surface area contributed by atoms with E-state index < -0.39 is 0 Å². The Kier molecular flexibility index (Phi) is 5.19. The Morgan fingerprint density at radius 3 is 2.73 bits per heavy atom. The average Bonchev–Trinajstić information content (AvgIpc) is 2.24. The molecule has 0 bridgehead atoms. The van der Waals surface area contributed by atoms with Crippen molar-refractivity contribution in [3.05, 3.63) is 29.8 Å². The molecule has 0 aliphatic heterocycles. The van der Waals surface area contributed by atoms with Gasteiger partial charge in [-0.25, -0.2) is 0 Å². The predicted octanol–water partition coefficient (Wildman–Crippen LogP) is 3.27. The van der Waals surface area contributed by atoms with Gasteiger partial charge < -0.3 is 10.8 Å². The van der Waals surface area contributed by atoms with Crippen molar-refractivity contribution < 1.29 is 5.11 Å². The maximum atomic E-state index is 9.89. The van der Waals surface area contributed by atoms with Gasteiger partial charge in [0.25, 0.3) is 0 Å². The summed E-state index contributed by atoms with van der Waals surface area (Å²) in [6.45, 7) is 2.19. The molecule has 3 N–H and O–H groups in total. The second-order valence-electron chi connectivity index (χ2n) is 4.04. The Balaban J connectivity index is 2.36. The van der Waals surface area contributed by atoms with Gasteiger partial charge in [0, 0.05) is 5.69 Å². The second-order valence-corrected chi connectivity index (χ2v) is 4.04. The number of hydrogen-bond donors (Lipinski definition) is 2. The number of nitrogen functional groups attached to an aromatic ring is 1. The molecule has 0 saturated heterocycles. The Bertz CT molecular complexity index is 286. The zero-order chi connectivity index (χ0) is 11.1. The molecule has 1 aromatic carbocycles. The van der Waals surface area contributed by atoms with Gasteiger partial charge in [-0.05, 0) is 24.1 Å². The van der Waals surface area contributed by atoms with Gasteiger partial charge in [0.1, 0.15) is 0 Å². The van der Waals surface area contributed by atoms with E-state index >= 15 is 0 Å². The molecule has 0 heterocycles. The highest BCUT2D eigenvalue weighted by Gasteiger charge is 2.06. The van der Waals surface area contributed by atoms with Crippen LogP contribution in [0.5, 0.6) is 0 Å². The van der Waals surface area contributed by atoms with Crippen LogP contribution in [0.2, 0.25) is 0 Å². The summed E-state index contributed by atoms with van der Waals surface area (Å²) in [6.07, 6.45) is 5.26. The minimum atomic E-state index is -0.356. The van der Waals surface area contributed by atoms with Crippen LogP contribution in [0.3, 0.4) is 0 Å². The number of aliphatic hydroxyl groups excluding tert-OH is 1. The van der Waals surface area contributed by atoms with Crippen molar-refractivity contribution >= 4 is 5.69 Å². The van der Waals surface area contributed by atoms with E-state index in [1.54, 1.807) is 0 Å². The first-order valence-corrected chi connectivity index (χ1v) is 5.77. The highest BCUT2D eigenvalue weighted by Crippen LogP contribution is 2.21. The van der Waals surface area contributed by atoms with Crippen molar-refractivity contribution in [2.24, 2.45) is 0 Å². The third-order valence-electron chi connectivity index (χ3n) is 2.63. The van der Waals surface area contributed by atoms with Crippen LogP contribution < -0.4 is 5.73 Å². The first-order chi connectivity index (χ1) is 7.24. The molecule has 0 saturated carbocycles. The lowest BCUT2D eigenvalue weighted by Gasteiger charge is -2.11. The maximum Gasteiger partial charge on any atom is 0.0790 e. The number of anilines is 1. The molecule has 0 fully saturated rings. The molecule has 0 aliphatic carbocycles. The van der Waals surface area contributed by atoms with Gasteiger partial charge >= 0.3 is 0 Å². The smallest absolute Gasteiger partial charge is 0.0790 e. The summed E-state index contributed by atoms with van der Waals surface area (Å²) >= 11 is 0. The fourth-order valence-corrected chi connectivity index (χ4v) is 1.70. The van der Waals surface area contributed by atoms with Crippen molar-refractivity contribution in [2.75, 3.05) is 5.73 Å². The van der Waals surface area contributed by atoms with E-state index in [2.05, 4.69) is 6.92 Å². The van der Waals surface area contributed by atoms with Crippen molar-refractivity contribution in [2.45, 2.75) is 45.1 Å². The summed E-state index contributed by atoms with van der Waals surface area (Å²) in [5.74, 6) is 0. The summed E-state index contributed by atoms with van der Waals surface area (Å²) in [5, 5.41) is 9.89. The van der Waals surface area contributed by atoms with E-state index in [0.717, 1.165) is 24.1 Å². The number of nitrogens with two attached hydrogens (primary N) is 1. The van der Waals surface area contributed by atoms with Crippen molar-refractivity contribution in [3.8, 4) is 0 Å². The lowest BCUT2D eigenvalue weighted by atomic mass is 10.0. The molecule has 1 rings (SSSR count). The molecule has 1 unspecified atom stereocenters. The van der Waals surface area contributed by atoms with Crippen LogP contribution in [0.15, 0.2) is 24.3 Å². The van der Waals surface area contributed by atoms with E-state index in [0.29, 0.717) is 0 Å². The third kappa shape index (κ3) is 4.34. The number of unbranched alkanes of at least 4 members (excludes halogenated alkanes) is 3. The van der Waals surface area contributed by atoms with Gasteiger partial charge in [0.15, 0.2) is 0 Å². The largest absolute Gasteiger partial charge is 0.399 e. The van der Waals surface area contributed by atoms with Crippen LogP contribution in [0.4, 0.5) is 5.69 Å². The van der Waals surface area contributed by atoms with Gasteiger partial charge in [0.2, 0.25) is 0 Å². The molecule has 0 amide bonds. The van der Waals surface area contributed by atoms with Gasteiger partial charge in [-0.3, -0.25) is 0 Å². The molecule has 1 atom stereocenters. The Labute approximate surface area is 92.1 Å². The molecule has 2 nitrogen and oxygen atoms in total. The van der Waals surface area contributed by atoms with Gasteiger partial charge in [-0.1, -0.05) is 44.7 Å². The lowest BCUT2D eigenvalue weighted by molar-refractivity contribution is 0.163. The maximum absolute atomic E-state index is 9.89. The summed E-state index contributed by atoms with van der Waals surface area (Å²) in [7, 11) is 0. The van der Waals surface area contributed by atoms with Crippen molar-refractivity contribution in [1.82, 2.24) is 0 Å². The number of hydrogen-bond acceptors (Lipinski definition) is 2. The Morgan fingerprint density at radius 1 is 1.27 bits per heavy atom. The minimum absolute atomic E-state index is 0.356. The predicted molar refractivity (Wildman–Crippen MR) is 64.6 cm³/mol. The molecule has 0 aliphatic rings. The van der Waals surface area contributed by atoms with Crippen LogP contribution in [0.25, 0.3) is 0 Å². The summed E-state index contributed by atoms with van der Waals surface area (Å²) in [4.78, 5) is 0. The number of rotatable bonds is 6. The zero-order valence-corrected chi connectivity index (χ0v) is 9.45. The normalized spacial score (nSPS) is 12.7. The first kappa shape index (κ1) is 12.1. The SMILES string of the molecule is CCCCCCC(O)c1cccc(N)c1. The molecule has 15 heavy (non-hydrogen) atoms. The highest BCUT2D eigenvalue weighted by molar-refractivity contribution is 5.41. The van der Waals surface area contributed by atoms with E-state index in [-0.39, 0.29) is 6.10 Å². The van der Waals surface area contributed by atoms with Gasteiger partial charge in [-0.15, -0.1) is 0 Å². The van der Waals surface area contributed by atoms with Crippen molar-refractivity contribution in [3.63, 3.8) is 0 Å². The van der Waals surface area contributed by atoms with Gasteiger partial charge in [0.05, 0.1) is 6.10 Å². The Hall–Kier alpha value is -1.02. The summed E-state index contributed by atoms with van der Waals surface area (Å²) < 4.78 is 0. The summed E-state index contributed by atoms with van der Waals surface area (Å²) in [6, 6.07) is 7.51. The van der Waals surface area contributed by atoms with Crippen LogP contribution >= 0.6 is 0 Å². The van der Waals surface area contributed by atoms with E-state index in [1.165, 1.54) is 19.3 Å². The van der Waals surface area contributed by atoms with Crippen LogP contribution in [-0.4, -0.2) is 5.11 Å². The van der Waals surface area contributed by atoms with Crippen LogP contribution in [0.1, 0.15) is 50.7 Å². The molecule has 2 heteroatoms. The van der Waals surface area contributed by atoms with E-state index in [4.69, 9.17) is 5.73 Å². The zero-order valence-electron chi connectivity index (χ0n) is 9.45. The third-order valence-corrected chi connectivity index (χ3v) is 2.63. The number of aliphatic hydroxyl groups is 1. The minimum Gasteiger partial charge on any atom is -0.399 e. The van der Waals surface area contributed by atoms with Crippen LogP contribution in [-0.2, 0) is 0 Å². The Morgan fingerprint density at radius 2 is 2.07 bits per heavy atom. The molecule has 0 spiro atoms. The highest BCUT2D eigenvalue weighted by atomic mass is 16.3. The molecular formula is C13H21NO. The molecule has 0 aromatic heterocycles. The second kappa shape index (κ2) is 6.46. The van der Waals surface area contributed by atoms with Crippen LogP contribution in [0, 0.1) is 0 Å². The van der Waals surface area contributed by atoms with E-state index in [1.807, 2.05) is 24.3 Å². The fourth-order valence-electron chi connectivity index (χ4n) is 1.70. The first-order valence-electron chi connectivity index (χ1n) is 5.77. The summed E-state index contributed by atoms with van der Waals surface area (Å²) in [5.41, 5.74) is 7.32. The lowest BCUT2D eigenvalue weighted by Crippen LogP contribution is -1.98. The topological polar surface area (TPSA) is 46.2 Å². The quantitative estimate of drug-likeness (QED) is 0.555. The van der Waals surface area contributed by atoms with Gasteiger partial charge in [-0.2, -0.15) is 0 Å². The van der Waals surface area contributed by atoms with Crippen molar-refractivity contribution in [1.29, 1.82) is 0 Å². The molecule has 1 aromatic rings. The fraction of sp³-hybridized carbons (Fsp3) is 0.538. The standard InChI is InChI=1S/C13H21NO/c1-2-3-4-5-9-13(15)11-7-6-8-12(14)10-11/h6-8,10,13,15H,2-5,9,14H2,1H3. The molecular weight excluding hydrogens is 186 g/mol. The average molecular weight is 207 g/mol. The molecule has 0 radical (unpaired) electrons. The molecule has 84 valence electrons. The monoisotopic (exact) mass is 207 g/mol.